The van der Waals surface area contributed by atoms with Gasteiger partial charge in [0.1, 0.15) is 12.4 Å². The summed E-state index contributed by atoms with van der Waals surface area (Å²) in [5, 5.41) is 0. The van der Waals surface area contributed by atoms with Crippen LogP contribution in [-0.4, -0.2) is 61.9 Å². The molecular formula is C18H21FN4O4S. The zero-order valence-corrected chi connectivity index (χ0v) is 15.9. The second-order valence-corrected chi connectivity index (χ2v) is 7.99. The van der Waals surface area contributed by atoms with Crippen LogP contribution in [0.3, 0.4) is 0 Å². The first-order chi connectivity index (χ1) is 13.4. The molecule has 0 spiro atoms. The minimum absolute atomic E-state index is 0.147. The Hall–Kier alpha value is -2.40. The van der Waals surface area contributed by atoms with Gasteiger partial charge in [-0.2, -0.15) is 0 Å². The van der Waals surface area contributed by atoms with E-state index >= 15 is 0 Å². The van der Waals surface area contributed by atoms with Gasteiger partial charge in [-0.15, -0.1) is 0 Å². The predicted octanol–water partition coefficient (Wildman–Crippen LogP) is 0.775. The number of amides is 1. The number of halogens is 1. The van der Waals surface area contributed by atoms with Gasteiger partial charge in [0.15, 0.2) is 0 Å². The quantitative estimate of drug-likeness (QED) is 0.681. The normalized spacial score (nSPS) is 15.5. The van der Waals surface area contributed by atoms with Crippen LogP contribution < -0.4 is 4.89 Å². The number of carbonyl (C=O) groups excluding carboxylic acids is 1. The van der Waals surface area contributed by atoms with E-state index in [9.17, 15) is 17.6 Å². The molecule has 2 aromatic rings. The lowest BCUT2D eigenvalue weighted by Crippen LogP contribution is -2.49. The summed E-state index contributed by atoms with van der Waals surface area (Å²) in [5.41, 5.74) is 1.16. The second-order valence-electron chi connectivity index (χ2n) is 6.34. The summed E-state index contributed by atoms with van der Waals surface area (Å²) in [4.78, 5) is 26.7. The van der Waals surface area contributed by atoms with Crippen LogP contribution in [0.5, 0.6) is 0 Å². The van der Waals surface area contributed by atoms with E-state index in [4.69, 9.17) is 4.84 Å². The third-order valence-corrected chi connectivity index (χ3v) is 5.60. The lowest BCUT2D eigenvalue weighted by Gasteiger charge is -2.34. The predicted molar refractivity (Wildman–Crippen MR) is 98.8 cm³/mol. The average Bonchev–Trinajstić information content (AvgIpc) is 2.69. The number of hydrogen-bond donors (Lipinski definition) is 1. The Balaban J connectivity index is 1.41. The molecule has 0 saturated carbocycles. The maximum Gasteiger partial charge on any atom is 0.262 e. The highest BCUT2D eigenvalue weighted by Gasteiger charge is 2.22. The molecule has 0 unspecified atom stereocenters. The highest BCUT2D eigenvalue weighted by atomic mass is 32.2. The van der Waals surface area contributed by atoms with Gasteiger partial charge >= 0.3 is 0 Å². The second kappa shape index (κ2) is 9.20. The molecule has 1 aromatic heterocycles. The molecule has 2 heterocycles. The van der Waals surface area contributed by atoms with Crippen LogP contribution in [0.2, 0.25) is 0 Å². The molecule has 1 aromatic carbocycles. The summed E-state index contributed by atoms with van der Waals surface area (Å²) in [7, 11) is -3.97. The first kappa shape index (κ1) is 20.3. The van der Waals surface area contributed by atoms with E-state index in [1.165, 1.54) is 0 Å². The molecule has 10 heteroatoms. The Morgan fingerprint density at radius 2 is 1.71 bits per heavy atom. The van der Waals surface area contributed by atoms with Crippen molar-refractivity contribution in [3.05, 3.63) is 60.2 Å². The lowest BCUT2D eigenvalue weighted by molar-refractivity contribution is -0.139. The Morgan fingerprint density at radius 1 is 1.07 bits per heavy atom. The van der Waals surface area contributed by atoms with Gasteiger partial charge in [-0.3, -0.25) is 19.5 Å². The third-order valence-electron chi connectivity index (χ3n) is 4.37. The fourth-order valence-electron chi connectivity index (χ4n) is 2.82. The highest BCUT2D eigenvalue weighted by Crippen LogP contribution is 2.10. The van der Waals surface area contributed by atoms with Gasteiger partial charge in [-0.25, -0.2) is 12.8 Å². The van der Waals surface area contributed by atoms with Crippen molar-refractivity contribution < 1.29 is 22.4 Å². The van der Waals surface area contributed by atoms with Gasteiger partial charge in [0.2, 0.25) is 0 Å². The van der Waals surface area contributed by atoms with Crippen molar-refractivity contribution in [2.45, 2.75) is 11.4 Å². The maximum atomic E-state index is 12.9. The molecule has 0 aliphatic carbocycles. The van der Waals surface area contributed by atoms with Gasteiger partial charge in [0, 0.05) is 45.1 Å². The number of benzene rings is 1. The molecule has 0 radical (unpaired) electrons. The standard InChI is InChI=1S/C18H21FN4O4S/c19-16-1-3-17(4-2-16)28(25,26)21-27-14-18(24)23-11-9-22(10-12-23)13-15-5-7-20-8-6-15/h1-8,21H,9-14H2. The molecule has 0 atom stereocenters. The number of sulfonamides is 1. The zero-order chi connectivity index (χ0) is 20.0. The van der Waals surface area contributed by atoms with Crippen molar-refractivity contribution in [3.8, 4) is 0 Å². The van der Waals surface area contributed by atoms with Crippen molar-refractivity contribution in [1.82, 2.24) is 19.7 Å². The van der Waals surface area contributed by atoms with Crippen molar-refractivity contribution in [2.75, 3.05) is 32.8 Å². The molecule has 1 N–H and O–H groups in total. The van der Waals surface area contributed by atoms with E-state index in [2.05, 4.69) is 9.88 Å². The number of hydrogen-bond acceptors (Lipinski definition) is 6. The van der Waals surface area contributed by atoms with Crippen LogP contribution in [-0.2, 0) is 26.2 Å². The van der Waals surface area contributed by atoms with Crippen molar-refractivity contribution >= 4 is 15.9 Å². The number of carbonyl (C=O) groups is 1. The van der Waals surface area contributed by atoms with Crippen LogP contribution in [0, 0.1) is 5.82 Å². The van der Waals surface area contributed by atoms with Crippen molar-refractivity contribution in [1.29, 1.82) is 0 Å². The van der Waals surface area contributed by atoms with Crippen molar-refractivity contribution in [3.63, 3.8) is 0 Å². The fourth-order valence-corrected chi connectivity index (χ4v) is 3.63. The summed E-state index contributed by atoms with van der Waals surface area (Å²) in [6.07, 6.45) is 3.50. The maximum absolute atomic E-state index is 12.9. The Kier molecular flexibility index (Phi) is 6.68. The van der Waals surface area contributed by atoms with Crippen LogP contribution in [0.4, 0.5) is 4.39 Å². The molecule has 150 valence electrons. The van der Waals surface area contributed by atoms with E-state index in [-0.39, 0.29) is 10.8 Å². The van der Waals surface area contributed by atoms with Crippen LogP contribution in [0.1, 0.15) is 5.56 Å². The van der Waals surface area contributed by atoms with E-state index < -0.39 is 22.4 Å². The Morgan fingerprint density at radius 3 is 2.36 bits per heavy atom. The van der Waals surface area contributed by atoms with E-state index in [0.717, 1.165) is 49.5 Å². The van der Waals surface area contributed by atoms with Crippen LogP contribution in [0.15, 0.2) is 53.7 Å². The van der Waals surface area contributed by atoms with Crippen LogP contribution in [0.25, 0.3) is 0 Å². The summed E-state index contributed by atoms with van der Waals surface area (Å²) >= 11 is 0. The summed E-state index contributed by atoms with van der Waals surface area (Å²) in [5.74, 6) is -0.844. The molecule has 1 fully saturated rings. The highest BCUT2D eigenvalue weighted by molar-refractivity contribution is 7.89. The van der Waals surface area contributed by atoms with Crippen molar-refractivity contribution in [2.24, 2.45) is 0 Å². The molecule has 3 rings (SSSR count). The minimum atomic E-state index is -3.97. The molecular weight excluding hydrogens is 387 g/mol. The molecule has 28 heavy (non-hydrogen) atoms. The third kappa shape index (κ3) is 5.55. The average molecular weight is 408 g/mol. The smallest absolute Gasteiger partial charge is 0.262 e. The molecule has 8 nitrogen and oxygen atoms in total. The van der Waals surface area contributed by atoms with Gasteiger partial charge < -0.3 is 4.90 Å². The lowest BCUT2D eigenvalue weighted by atomic mass is 10.2. The van der Waals surface area contributed by atoms with Gasteiger partial charge in [-0.1, -0.05) is 4.89 Å². The summed E-state index contributed by atoms with van der Waals surface area (Å²) in [6, 6.07) is 8.21. The SMILES string of the molecule is O=C(CONS(=O)(=O)c1ccc(F)cc1)N1CCN(Cc2ccncc2)CC1. The molecule has 1 amide bonds. The fraction of sp³-hybridized carbons (Fsp3) is 0.333. The number of aromatic nitrogens is 1. The number of piperazine rings is 1. The first-order valence-electron chi connectivity index (χ1n) is 8.72. The van der Waals surface area contributed by atoms with Crippen LogP contribution >= 0.6 is 0 Å². The van der Waals surface area contributed by atoms with Gasteiger partial charge in [0.25, 0.3) is 15.9 Å². The largest absolute Gasteiger partial charge is 0.338 e. The number of nitrogens with one attached hydrogen (secondary N) is 1. The first-order valence-corrected chi connectivity index (χ1v) is 10.2. The minimum Gasteiger partial charge on any atom is -0.338 e. The summed E-state index contributed by atoms with van der Waals surface area (Å²) in [6.45, 7) is 2.89. The monoisotopic (exact) mass is 408 g/mol. The number of rotatable bonds is 7. The van der Waals surface area contributed by atoms with E-state index in [0.29, 0.717) is 13.1 Å². The van der Waals surface area contributed by atoms with Gasteiger partial charge in [0.05, 0.1) is 4.90 Å². The van der Waals surface area contributed by atoms with Gasteiger partial charge in [-0.05, 0) is 42.0 Å². The topological polar surface area (TPSA) is 91.8 Å². The van der Waals surface area contributed by atoms with E-state index in [1.54, 1.807) is 17.3 Å². The molecule has 1 saturated heterocycles. The number of nitrogens with zero attached hydrogens (tertiary/aromatic N) is 3. The molecule has 0 bridgehead atoms. The zero-order valence-electron chi connectivity index (χ0n) is 15.1. The van der Waals surface area contributed by atoms with E-state index in [1.807, 2.05) is 17.0 Å². The molecule has 1 aliphatic rings. The summed E-state index contributed by atoms with van der Waals surface area (Å²) < 4.78 is 36.9. The Labute approximate surface area is 162 Å². The Bertz CT molecular complexity index is 886. The molecule has 1 aliphatic heterocycles. The number of pyridine rings is 1.